The van der Waals surface area contributed by atoms with E-state index in [0.717, 1.165) is 30.9 Å². The SMILES string of the molecule is CCOCCCNC(=NC)NCC(=O)NCc1ccc(OC)cc1.I. The number of benzene rings is 1. The van der Waals surface area contributed by atoms with Gasteiger partial charge >= 0.3 is 0 Å². The lowest BCUT2D eigenvalue weighted by atomic mass is 10.2. The summed E-state index contributed by atoms with van der Waals surface area (Å²) in [5, 5.41) is 8.97. The molecule has 1 amide bonds. The first-order valence-electron chi connectivity index (χ1n) is 8.11. The molecule has 1 aromatic carbocycles. The summed E-state index contributed by atoms with van der Waals surface area (Å²) in [5.41, 5.74) is 1.02. The number of carbonyl (C=O) groups is 1. The third-order valence-corrected chi connectivity index (χ3v) is 3.25. The van der Waals surface area contributed by atoms with Crippen LogP contribution in [0.2, 0.25) is 0 Å². The van der Waals surface area contributed by atoms with Gasteiger partial charge in [-0.15, -0.1) is 24.0 Å². The summed E-state index contributed by atoms with van der Waals surface area (Å²) in [7, 11) is 3.30. The molecular weight excluding hydrogens is 435 g/mol. The highest BCUT2D eigenvalue weighted by atomic mass is 127. The van der Waals surface area contributed by atoms with Crippen LogP contribution in [0.15, 0.2) is 29.3 Å². The minimum atomic E-state index is -0.0944. The molecule has 0 saturated heterocycles. The number of carbonyl (C=O) groups excluding carboxylic acids is 1. The van der Waals surface area contributed by atoms with Crippen LogP contribution in [-0.2, 0) is 16.1 Å². The van der Waals surface area contributed by atoms with Gasteiger partial charge in [-0.05, 0) is 31.0 Å². The van der Waals surface area contributed by atoms with E-state index in [1.54, 1.807) is 14.2 Å². The molecule has 142 valence electrons. The van der Waals surface area contributed by atoms with E-state index in [2.05, 4.69) is 20.9 Å². The summed E-state index contributed by atoms with van der Waals surface area (Å²) in [4.78, 5) is 15.9. The van der Waals surface area contributed by atoms with E-state index in [1.807, 2.05) is 31.2 Å². The second kappa shape index (κ2) is 14.8. The van der Waals surface area contributed by atoms with Crippen molar-refractivity contribution >= 4 is 35.8 Å². The van der Waals surface area contributed by atoms with E-state index in [0.29, 0.717) is 19.1 Å². The highest BCUT2D eigenvalue weighted by Gasteiger charge is 2.03. The third-order valence-electron chi connectivity index (χ3n) is 3.25. The minimum Gasteiger partial charge on any atom is -0.497 e. The first-order valence-corrected chi connectivity index (χ1v) is 8.11. The molecule has 0 spiro atoms. The van der Waals surface area contributed by atoms with Crippen molar-refractivity contribution in [2.75, 3.05) is 40.5 Å². The van der Waals surface area contributed by atoms with E-state index >= 15 is 0 Å². The van der Waals surface area contributed by atoms with Gasteiger partial charge in [0.25, 0.3) is 0 Å². The van der Waals surface area contributed by atoms with Gasteiger partial charge in [-0.2, -0.15) is 0 Å². The molecule has 3 N–H and O–H groups in total. The number of hydrogen-bond acceptors (Lipinski definition) is 4. The molecule has 0 bridgehead atoms. The number of nitrogens with zero attached hydrogens (tertiary/aromatic N) is 1. The number of aliphatic imine (C=N–C) groups is 1. The maximum absolute atomic E-state index is 11.9. The molecule has 0 radical (unpaired) electrons. The first kappa shape index (κ1) is 23.4. The van der Waals surface area contributed by atoms with Crippen LogP contribution in [0.25, 0.3) is 0 Å². The van der Waals surface area contributed by atoms with E-state index in [9.17, 15) is 4.79 Å². The Balaban J connectivity index is 0.00000576. The number of nitrogens with one attached hydrogen (secondary N) is 3. The second-order valence-corrected chi connectivity index (χ2v) is 5.03. The molecule has 0 saturated carbocycles. The summed E-state index contributed by atoms with van der Waals surface area (Å²) in [6.07, 6.45) is 0.887. The van der Waals surface area contributed by atoms with Gasteiger partial charge in [0.05, 0.1) is 13.7 Å². The zero-order chi connectivity index (χ0) is 17.6. The fourth-order valence-electron chi connectivity index (χ4n) is 1.92. The molecule has 1 rings (SSSR count). The van der Waals surface area contributed by atoms with Crippen molar-refractivity contribution in [2.45, 2.75) is 19.9 Å². The lowest BCUT2D eigenvalue weighted by Crippen LogP contribution is -2.43. The van der Waals surface area contributed by atoms with Crippen molar-refractivity contribution in [3.63, 3.8) is 0 Å². The summed E-state index contributed by atoms with van der Waals surface area (Å²) in [6, 6.07) is 7.58. The Hall–Kier alpha value is -1.55. The van der Waals surface area contributed by atoms with Crippen molar-refractivity contribution in [3.05, 3.63) is 29.8 Å². The molecule has 0 aromatic heterocycles. The van der Waals surface area contributed by atoms with Crippen LogP contribution in [0.1, 0.15) is 18.9 Å². The average Bonchev–Trinajstić information content (AvgIpc) is 2.62. The number of guanidine groups is 1. The van der Waals surface area contributed by atoms with Gasteiger partial charge < -0.3 is 25.4 Å². The number of halogens is 1. The van der Waals surface area contributed by atoms with Crippen LogP contribution in [0, 0.1) is 0 Å². The Morgan fingerprint density at radius 3 is 2.48 bits per heavy atom. The number of ether oxygens (including phenoxy) is 2. The highest BCUT2D eigenvalue weighted by molar-refractivity contribution is 14.0. The molecule has 0 aliphatic carbocycles. The predicted molar refractivity (Wildman–Crippen MR) is 111 cm³/mol. The number of amides is 1. The van der Waals surface area contributed by atoms with Crippen LogP contribution in [-0.4, -0.2) is 52.3 Å². The van der Waals surface area contributed by atoms with Crippen LogP contribution < -0.4 is 20.7 Å². The van der Waals surface area contributed by atoms with E-state index in [-0.39, 0.29) is 36.4 Å². The molecule has 0 heterocycles. The van der Waals surface area contributed by atoms with Crippen molar-refractivity contribution in [1.82, 2.24) is 16.0 Å². The molecule has 0 atom stereocenters. The number of hydrogen-bond donors (Lipinski definition) is 3. The summed E-state index contributed by atoms with van der Waals surface area (Å²) < 4.78 is 10.4. The second-order valence-electron chi connectivity index (χ2n) is 5.03. The molecule has 1 aromatic rings. The summed E-state index contributed by atoms with van der Waals surface area (Å²) in [6.45, 7) is 4.79. The number of rotatable bonds is 10. The van der Waals surface area contributed by atoms with Crippen molar-refractivity contribution in [2.24, 2.45) is 4.99 Å². The van der Waals surface area contributed by atoms with Crippen molar-refractivity contribution < 1.29 is 14.3 Å². The smallest absolute Gasteiger partial charge is 0.239 e. The van der Waals surface area contributed by atoms with Crippen LogP contribution in [0.3, 0.4) is 0 Å². The maximum Gasteiger partial charge on any atom is 0.239 e. The predicted octanol–water partition coefficient (Wildman–Crippen LogP) is 1.52. The maximum atomic E-state index is 11.9. The van der Waals surface area contributed by atoms with Gasteiger partial charge in [-0.1, -0.05) is 12.1 Å². The highest BCUT2D eigenvalue weighted by Crippen LogP contribution is 2.10. The minimum absolute atomic E-state index is 0. The number of methoxy groups -OCH3 is 1. The van der Waals surface area contributed by atoms with Crippen molar-refractivity contribution in [1.29, 1.82) is 0 Å². The zero-order valence-corrected chi connectivity index (χ0v) is 17.5. The molecule has 0 aliphatic heterocycles. The Labute approximate surface area is 167 Å². The van der Waals surface area contributed by atoms with Crippen LogP contribution >= 0.6 is 24.0 Å². The molecule has 8 heteroatoms. The lowest BCUT2D eigenvalue weighted by molar-refractivity contribution is -0.120. The summed E-state index contributed by atoms with van der Waals surface area (Å²) >= 11 is 0. The normalized spacial score (nSPS) is 10.6. The van der Waals surface area contributed by atoms with E-state index in [1.165, 1.54) is 0 Å². The standard InChI is InChI=1S/C17H28N4O3.HI/c1-4-24-11-5-10-19-17(18-2)21-13-16(22)20-12-14-6-8-15(23-3)9-7-14;/h6-9H,4-5,10-13H2,1-3H3,(H,20,22)(H2,18,19,21);1H. The van der Waals surface area contributed by atoms with Gasteiger partial charge in [0.1, 0.15) is 5.75 Å². The topological polar surface area (TPSA) is 84.0 Å². The molecular formula is C17H29IN4O3. The average molecular weight is 464 g/mol. The molecule has 0 fully saturated rings. The van der Waals surface area contributed by atoms with Crippen molar-refractivity contribution in [3.8, 4) is 5.75 Å². The Morgan fingerprint density at radius 2 is 1.88 bits per heavy atom. The fourth-order valence-corrected chi connectivity index (χ4v) is 1.92. The van der Waals surface area contributed by atoms with E-state index in [4.69, 9.17) is 9.47 Å². The fraction of sp³-hybridized carbons (Fsp3) is 0.529. The monoisotopic (exact) mass is 464 g/mol. The van der Waals surface area contributed by atoms with Gasteiger partial charge in [-0.25, -0.2) is 0 Å². The lowest BCUT2D eigenvalue weighted by Gasteiger charge is -2.12. The van der Waals surface area contributed by atoms with E-state index < -0.39 is 0 Å². The Morgan fingerprint density at radius 1 is 1.16 bits per heavy atom. The first-order chi connectivity index (χ1) is 11.7. The Bertz CT molecular complexity index is 509. The van der Waals surface area contributed by atoms with Gasteiger partial charge in [0, 0.05) is 33.4 Å². The third kappa shape index (κ3) is 10.8. The summed E-state index contributed by atoms with van der Waals surface area (Å²) in [5.74, 6) is 1.31. The molecule has 7 nitrogen and oxygen atoms in total. The quantitative estimate of drug-likeness (QED) is 0.212. The molecule has 0 unspecified atom stereocenters. The molecule has 0 aliphatic rings. The van der Waals surface area contributed by atoms with Gasteiger partial charge in [0.2, 0.25) is 5.91 Å². The molecule has 25 heavy (non-hydrogen) atoms. The van der Waals surface area contributed by atoms with Gasteiger partial charge in [-0.3, -0.25) is 9.79 Å². The Kier molecular flexibility index (Phi) is 13.8. The van der Waals surface area contributed by atoms with Crippen LogP contribution in [0.4, 0.5) is 0 Å². The van der Waals surface area contributed by atoms with Crippen LogP contribution in [0.5, 0.6) is 5.75 Å². The largest absolute Gasteiger partial charge is 0.497 e. The zero-order valence-electron chi connectivity index (χ0n) is 15.1. The van der Waals surface area contributed by atoms with Gasteiger partial charge in [0.15, 0.2) is 5.96 Å².